The lowest BCUT2D eigenvalue weighted by Gasteiger charge is -2.33. The second kappa shape index (κ2) is 14.4. The monoisotopic (exact) mass is 697 g/mol. The molecule has 14 nitrogen and oxygen atoms in total. The third-order valence-corrected chi connectivity index (χ3v) is 9.38. The number of ether oxygens (including phenoxy) is 1. The number of piperidine rings is 1. The van der Waals surface area contributed by atoms with Crippen LogP contribution in [0, 0.1) is 0 Å². The largest absolute Gasteiger partial charge is 0.444 e. The van der Waals surface area contributed by atoms with Gasteiger partial charge in [-0.2, -0.15) is 0 Å². The number of fused-ring (bicyclic) bond motifs is 2. The van der Waals surface area contributed by atoms with E-state index in [0.29, 0.717) is 43.9 Å². The smallest absolute Gasteiger partial charge is 0.407 e. The van der Waals surface area contributed by atoms with Gasteiger partial charge >= 0.3 is 17.8 Å². The maximum absolute atomic E-state index is 13.8. The van der Waals surface area contributed by atoms with Crippen LogP contribution in [0.2, 0.25) is 0 Å². The number of nitrogens with zero attached hydrogens (tertiary/aromatic N) is 3. The number of aromatic amines is 3. The summed E-state index contributed by atoms with van der Waals surface area (Å²) >= 11 is 0. The highest BCUT2D eigenvalue weighted by molar-refractivity contribution is 5.87. The highest BCUT2D eigenvalue weighted by Crippen LogP contribution is 2.29. The van der Waals surface area contributed by atoms with E-state index < -0.39 is 23.2 Å². The molecule has 0 radical (unpaired) electrons. The van der Waals surface area contributed by atoms with Crippen LogP contribution in [0.1, 0.15) is 76.6 Å². The molecule has 1 saturated heterocycles. The van der Waals surface area contributed by atoms with Crippen molar-refractivity contribution in [1.82, 2.24) is 45.4 Å². The molecular weight excluding hydrogens is 650 g/mol. The molecule has 6 N–H and O–H groups in total. The van der Waals surface area contributed by atoms with E-state index in [1.165, 1.54) is 0 Å². The van der Waals surface area contributed by atoms with Crippen molar-refractivity contribution in [3.63, 3.8) is 0 Å². The zero-order valence-electron chi connectivity index (χ0n) is 29.8. The summed E-state index contributed by atoms with van der Waals surface area (Å²) in [5, 5.41) is 9.78. The molecule has 1 aliphatic heterocycles. The van der Waals surface area contributed by atoms with Gasteiger partial charge < -0.3 is 40.5 Å². The minimum Gasteiger partial charge on any atom is -0.444 e. The molecule has 14 heteroatoms. The predicted octanol–water partition coefficient (Wildman–Crippen LogP) is 4.78. The summed E-state index contributed by atoms with van der Waals surface area (Å²) in [6.45, 7) is 10.3. The fraction of sp³-hybridized carbons (Fsp3) is 0.432. The van der Waals surface area contributed by atoms with Crippen LogP contribution in [0.3, 0.4) is 0 Å². The van der Waals surface area contributed by atoms with Crippen molar-refractivity contribution in [2.75, 3.05) is 26.2 Å². The van der Waals surface area contributed by atoms with Gasteiger partial charge in [0.1, 0.15) is 11.4 Å². The minimum absolute atomic E-state index is 0.0196. The molecule has 1 aliphatic rings. The van der Waals surface area contributed by atoms with Gasteiger partial charge in [0.2, 0.25) is 5.91 Å². The van der Waals surface area contributed by atoms with Gasteiger partial charge in [0.25, 0.3) is 0 Å². The highest BCUT2D eigenvalue weighted by Gasteiger charge is 2.34. The second-order valence-corrected chi connectivity index (χ2v) is 14.6. The summed E-state index contributed by atoms with van der Waals surface area (Å²) in [6, 6.07) is 14.9. The van der Waals surface area contributed by atoms with E-state index in [2.05, 4.69) is 35.9 Å². The number of nitrogens with one attached hydrogen (secondary N) is 6. The third-order valence-electron chi connectivity index (χ3n) is 9.38. The van der Waals surface area contributed by atoms with Crippen LogP contribution in [0.15, 0.2) is 65.7 Å². The first-order chi connectivity index (χ1) is 24.3. The molecule has 5 aromatic rings. The van der Waals surface area contributed by atoms with Gasteiger partial charge in [0, 0.05) is 67.6 Å². The maximum atomic E-state index is 13.8. The van der Waals surface area contributed by atoms with E-state index >= 15 is 0 Å². The number of imidazole rings is 2. The Morgan fingerprint density at radius 2 is 1.63 bits per heavy atom. The Kier molecular flexibility index (Phi) is 9.95. The van der Waals surface area contributed by atoms with Crippen LogP contribution in [-0.2, 0) is 21.4 Å². The number of amides is 4. The van der Waals surface area contributed by atoms with Crippen LogP contribution < -0.4 is 21.6 Å². The number of H-pyrrole nitrogens is 3. The molecule has 0 spiro atoms. The van der Waals surface area contributed by atoms with Crippen molar-refractivity contribution < 1.29 is 19.1 Å². The van der Waals surface area contributed by atoms with Gasteiger partial charge in [-0.3, -0.25) is 9.36 Å². The molecule has 270 valence electrons. The van der Waals surface area contributed by atoms with Crippen molar-refractivity contribution >= 4 is 40.0 Å². The molecule has 4 heterocycles. The normalized spacial score (nSPS) is 14.8. The van der Waals surface area contributed by atoms with Crippen LogP contribution >= 0.6 is 0 Å². The number of benzene rings is 2. The standard InChI is InChI=1S/C37H47N9O5/c1-36(2,3)51-35(50)39-17-16-38-32(47)37(4,5)30-22-41-31(44-30)28(20-23-21-40-26-11-7-6-10-25(23)26)43-33(48)45-18-14-24(15-19-45)46-29-13-9-8-12-27(29)42-34(46)49/h6-13,21-22,24,28,40H,14-20H2,1-5H3,(H,38,47)(H,39,50)(H,41,44)(H,42,49)(H,43,48)/t28-/m1/s1. The Balaban J connectivity index is 1.14. The number of carbonyl (C=O) groups is 3. The van der Waals surface area contributed by atoms with Crippen molar-refractivity contribution in [3.8, 4) is 0 Å². The van der Waals surface area contributed by atoms with Gasteiger partial charge in [-0.25, -0.2) is 19.4 Å². The lowest BCUT2D eigenvalue weighted by Crippen LogP contribution is -2.47. The van der Waals surface area contributed by atoms with Gasteiger partial charge in [-0.15, -0.1) is 0 Å². The van der Waals surface area contributed by atoms with Crippen LogP contribution in [0.25, 0.3) is 21.9 Å². The topological polar surface area (TPSA) is 182 Å². The number of hydrogen-bond acceptors (Lipinski definition) is 6. The Hall–Kier alpha value is -5.53. The first-order valence-electron chi connectivity index (χ1n) is 17.4. The highest BCUT2D eigenvalue weighted by atomic mass is 16.6. The average Bonchev–Trinajstić information content (AvgIpc) is 3.83. The summed E-state index contributed by atoms with van der Waals surface area (Å²) in [6.07, 6.45) is 4.76. The number of alkyl carbamates (subject to hydrolysis) is 1. The number of urea groups is 1. The molecule has 2 aromatic carbocycles. The quantitative estimate of drug-likeness (QED) is 0.114. The van der Waals surface area contributed by atoms with Crippen molar-refractivity contribution in [3.05, 3.63) is 88.5 Å². The fourth-order valence-electron chi connectivity index (χ4n) is 6.57. The minimum atomic E-state index is -0.991. The van der Waals surface area contributed by atoms with E-state index in [4.69, 9.17) is 4.74 Å². The van der Waals surface area contributed by atoms with E-state index in [-0.39, 0.29) is 36.8 Å². The number of carbonyl (C=O) groups excluding carboxylic acids is 3. The molecule has 0 aliphatic carbocycles. The molecule has 6 rings (SSSR count). The predicted molar refractivity (Wildman–Crippen MR) is 195 cm³/mol. The van der Waals surface area contributed by atoms with Gasteiger partial charge in [0.15, 0.2) is 0 Å². The maximum Gasteiger partial charge on any atom is 0.407 e. The molecular formula is C37H47N9O5. The van der Waals surface area contributed by atoms with E-state index in [0.717, 1.165) is 27.5 Å². The Morgan fingerprint density at radius 1 is 0.941 bits per heavy atom. The van der Waals surface area contributed by atoms with Gasteiger partial charge in [0.05, 0.1) is 22.5 Å². The van der Waals surface area contributed by atoms with Crippen LogP contribution in [-0.4, -0.2) is 79.2 Å². The molecule has 51 heavy (non-hydrogen) atoms. The Morgan fingerprint density at radius 3 is 2.37 bits per heavy atom. The summed E-state index contributed by atoms with van der Waals surface area (Å²) in [7, 11) is 0. The number of rotatable bonds is 10. The van der Waals surface area contributed by atoms with E-state index in [1.807, 2.05) is 59.3 Å². The summed E-state index contributed by atoms with van der Waals surface area (Å²) in [4.78, 5) is 67.9. The van der Waals surface area contributed by atoms with Crippen LogP contribution in [0.4, 0.5) is 9.59 Å². The molecule has 0 saturated carbocycles. The molecule has 1 fully saturated rings. The van der Waals surface area contributed by atoms with Gasteiger partial charge in [-0.1, -0.05) is 30.3 Å². The zero-order chi connectivity index (χ0) is 36.3. The number of para-hydroxylation sites is 3. The first-order valence-corrected chi connectivity index (χ1v) is 17.4. The second-order valence-electron chi connectivity index (χ2n) is 14.6. The summed E-state index contributed by atoms with van der Waals surface area (Å²) < 4.78 is 7.06. The summed E-state index contributed by atoms with van der Waals surface area (Å²) in [5.41, 5.74) is 2.51. The SMILES string of the molecule is CC(C)(C)OC(=O)NCCNC(=O)C(C)(C)c1cnc([C@@H](Cc2c[nH]c3ccccc23)NC(=O)N2CCC(n3c(=O)[nH]c4ccccc43)CC2)[nH]1. The molecule has 4 amide bonds. The lowest BCUT2D eigenvalue weighted by atomic mass is 9.89. The summed E-state index contributed by atoms with van der Waals surface area (Å²) in [5.74, 6) is 0.273. The van der Waals surface area contributed by atoms with Crippen molar-refractivity contribution in [2.45, 2.75) is 77.0 Å². The van der Waals surface area contributed by atoms with Crippen molar-refractivity contribution in [1.29, 1.82) is 0 Å². The third kappa shape index (κ3) is 7.95. The Labute approximate surface area is 295 Å². The number of likely N-dealkylation sites (tertiary alicyclic amines) is 1. The number of hydrogen-bond donors (Lipinski definition) is 6. The zero-order valence-corrected chi connectivity index (χ0v) is 29.8. The van der Waals surface area contributed by atoms with E-state index in [1.54, 1.807) is 45.7 Å². The molecule has 0 unspecified atom stereocenters. The molecule has 1 atom stereocenters. The van der Waals surface area contributed by atoms with Gasteiger partial charge in [-0.05, 0) is 71.2 Å². The molecule has 3 aromatic heterocycles. The Bertz CT molecular complexity index is 2070. The van der Waals surface area contributed by atoms with E-state index in [9.17, 15) is 19.2 Å². The average molecular weight is 698 g/mol. The lowest BCUT2D eigenvalue weighted by molar-refractivity contribution is -0.125. The van der Waals surface area contributed by atoms with Crippen LogP contribution in [0.5, 0.6) is 0 Å². The number of aromatic nitrogens is 5. The van der Waals surface area contributed by atoms with Crippen molar-refractivity contribution in [2.24, 2.45) is 0 Å². The first kappa shape index (κ1) is 35.3. The molecule has 0 bridgehead atoms. The fourth-order valence-corrected chi connectivity index (χ4v) is 6.57.